The van der Waals surface area contributed by atoms with Crippen LogP contribution in [0.5, 0.6) is 17.2 Å². The van der Waals surface area contributed by atoms with Gasteiger partial charge in [0.1, 0.15) is 41.1 Å². The molecular weight excluding hydrogens is 679 g/mol. The average Bonchev–Trinajstić information content (AvgIpc) is 3.02. The summed E-state index contributed by atoms with van der Waals surface area (Å²) in [5.41, 5.74) is -0.122. The number of aliphatic hydroxyl groups is 1. The van der Waals surface area contributed by atoms with Crippen LogP contribution in [0.15, 0.2) is 54.6 Å². The molecule has 272 valence electrons. The molecule has 14 heteroatoms. The Bertz CT molecular complexity index is 1700. The van der Waals surface area contributed by atoms with Crippen LogP contribution in [0.3, 0.4) is 0 Å². The number of fused-ring (bicyclic) bond motifs is 1. The highest BCUT2D eigenvalue weighted by atomic mass is 28.4. The van der Waals surface area contributed by atoms with Gasteiger partial charge in [0.05, 0.1) is 31.1 Å². The summed E-state index contributed by atoms with van der Waals surface area (Å²) in [6.07, 6.45) is -5.40. The number of halogens is 5. The van der Waals surface area contributed by atoms with Crippen LogP contribution in [-0.2, 0) is 22.2 Å². The minimum absolute atomic E-state index is 0.0223. The first-order valence-electron chi connectivity index (χ1n) is 16.4. The van der Waals surface area contributed by atoms with Crippen molar-refractivity contribution in [2.24, 2.45) is 0 Å². The van der Waals surface area contributed by atoms with Crippen molar-refractivity contribution >= 4 is 25.6 Å². The Kier molecular flexibility index (Phi) is 10.5. The van der Waals surface area contributed by atoms with E-state index < -0.39 is 43.8 Å². The summed E-state index contributed by atoms with van der Waals surface area (Å²) in [5, 5.41) is 11.9. The van der Waals surface area contributed by atoms with Crippen molar-refractivity contribution < 1.29 is 50.5 Å². The van der Waals surface area contributed by atoms with Crippen LogP contribution in [0.25, 0.3) is 0 Å². The summed E-state index contributed by atoms with van der Waals surface area (Å²) in [6, 6.07) is 12.8. The molecule has 8 nitrogen and oxygen atoms in total. The number of alkyl halides is 3. The molecule has 2 aliphatic rings. The van der Waals surface area contributed by atoms with Gasteiger partial charge in [-0.15, -0.1) is 13.2 Å². The molecule has 50 heavy (non-hydrogen) atoms. The van der Waals surface area contributed by atoms with Gasteiger partial charge in [-0.25, -0.2) is 8.78 Å². The number of rotatable bonds is 10. The summed E-state index contributed by atoms with van der Waals surface area (Å²) in [5.74, 6) is -1.42. The fraction of sp³-hybridized carbons (Fsp3) is 0.472. The lowest BCUT2D eigenvalue weighted by atomic mass is 9.89. The number of benzene rings is 3. The third-order valence-corrected chi connectivity index (χ3v) is 14.4. The third-order valence-electron chi connectivity index (χ3n) is 9.86. The van der Waals surface area contributed by atoms with E-state index in [2.05, 4.69) is 4.74 Å². The maximum atomic E-state index is 15.4. The van der Waals surface area contributed by atoms with Crippen LogP contribution in [0.2, 0.25) is 18.1 Å². The highest BCUT2D eigenvalue weighted by molar-refractivity contribution is 6.74. The van der Waals surface area contributed by atoms with E-state index in [-0.39, 0.29) is 67.8 Å². The smallest absolute Gasteiger partial charge is 0.497 e. The summed E-state index contributed by atoms with van der Waals surface area (Å²) in [6.45, 7) is 10.2. The number of methoxy groups -OCH3 is 1. The molecule has 0 radical (unpaired) electrons. The second-order valence-corrected chi connectivity index (χ2v) is 19.1. The molecule has 1 fully saturated rings. The van der Waals surface area contributed by atoms with Gasteiger partial charge in [-0.1, -0.05) is 32.9 Å². The minimum atomic E-state index is -4.97. The molecule has 3 aromatic rings. The van der Waals surface area contributed by atoms with Crippen molar-refractivity contribution in [2.45, 2.75) is 82.8 Å². The second-order valence-electron chi connectivity index (χ2n) is 14.3. The standard InChI is InChI=1S/C36H43F5N2O6Si/c1-34(2,3)50(5,6)49-31-21-42(29-14-11-25(19-28(29)38)48-36(39,40)41)18-17-35(31,45)22-47-30-15-13-27(37)33-26(30)12-16-32(44)43(33)20-23-7-9-24(46-4)10-8-23/h7-11,13-15,19,31,45H,12,16-18,20-22H2,1-6H3/t31-,35-/m1/s1. The molecule has 0 aliphatic carbocycles. The average molecular weight is 723 g/mol. The largest absolute Gasteiger partial charge is 0.573 e. The summed E-state index contributed by atoms with van der Waals surface area (Å²) >= 11 is 0. The van der Waals surface area contributed by atoms with E-state index in [4.69, 9.17) is 13.9 Å². The zero-order chi connectivity index (χ0) is 36.6. The van der Waals surface area contributed by atoms with Gasteiger partial charge in [0.2, 0.25) is 5.91 Å². The van der Waals surface area contributed by atoms with Gasteiger partial charge in [-0.05, 0) is 72.9 Å². The number of hydrogen-bond acceptors (Lipinski definition) is 7. The predicted molar refractivity (Wildman–Crippen MR) is 181 cm³/mol. The second kappa shape index (κ2) is 14.0. The molecule has 1 amide bonds. The van der Waals surface area contributed by atoms with E-state index in [1.165, 1.54) is 23.1 Å². The van der Waals surface area contributed by atoms with E-state index in [0.29, 0.717) is 23.1 Å². The van der Waals surface area contributed by atoms with Crippen LogP contribution >= 0.6 is 0 Å². The number of carbonyl (C=O) groups excluding carboxylic acids is 1. The van der Waals surface area contributed by atoms with Crippen LogP contribution in [0.4, 0.5) is 33.3 Å². The molecule has 0 spiro atoms. The van der Waals surface area contributed by atoms with Gasteiger partial charge in [0, 0.05) is 31.1 Å². The summed E-state index contributed by atoms with van der Waals surface area (Å²) in [7, 11) is -0.991. The maximum Gasteiger partial charge on any atom is 0.573 e. The first kappa shape index (κ1) is 37.4. The molecule has 2 aliphatic heterocycles. The number of anilines is 2. The predicted octanol–water partition coefficient (Wildman–Crippen LogP) is 7.76. The minimum Gasteiger partial charge on any atom is -0.497 e. The Morgan fingerprint density at radius 3 is 2.26 bits per heavy atom. The Labute approximate surface area is 289 Å². The molecule has 3 aromatic carbocycles. The Morgan fingerprint density at radius 1 is 0.960 bits per heavy atom. The molecule has 1 N–H and O–H groups in total. The van der Waals surface area contributed by atoms with Crippen LogP contribution < -0.4 is 24.0 Å². The van der Waals surface area contributed by atoms with Gasteiger partial charge in [-0.3, -0.25) is 4.79 Å². The van der Waals surface area contributed by atoms with E-state index in [9.17, 15) is 23.1 Å². The monoisotopic (exact) mass is 722 g/mol. The number of piperidine rings is 1. The lowest BCUT2D eigenvalue weighted by molar-refractivity contribution is -0.274. The highest BCUT2D eigenvalue weighted by Gasteiger charge is 2.49. The van der Waals surface area contributed by atoms with Gasteiger partial charge in [0.25, 0.3) is 0 Å². The molecule has 0 saturated carbocycles. The SMILES string of the molecule is COc1ccc(CN2C(=O)CCc3c(OC[C@]4(O)CCN(c5ccc(OC(F)(F)F)cc5F)C[C@H]4O[Si](C)(C)C(C)(C)C)ccc(F)c32)cc1. The zero-order valence-corrected chi connectivity index (χ0v) is 30.0. The van der Waals surface area contributed by atoms with E-state index in [1.54, 1.807) is 36.3 Å². The Morgan fingerprint density at radius 2 is 1.64 bits per heavy atom. The lowest BCUT2D eigenvalue weighted by Gasteiger charge is -2.49. The molecular formula is C36H43F5N2O6Si. The fourth-order valence-electron chi connectivity index (χ4n) is 5.99. The van der Waals surface area contributed by atoms with Crippen molar-refractivity contribution in [3.05, 3.63) is 77.4 Å². The topological polar surface area (TPSA) is 80.7 Å². The maximum absolute atomic E-state index is 15.4. The van der Waals surface area contributed by atoms with Crippen LogP contribution in [0, 0.1) is 11.6 Å². The van der Waals surface area contributed by atoms with Gasteiger partial charge in [-0.2, -0.15) is 0 Å². The van der Waals surface area contributed by atoms with Crippen molar-refractivity contribution in [3.63, 3.8) is 0 Å². The first-order chi connectivity index (χ1) is 23.3. The lowest BCUT2D eigenvalue weighted by Crippen LogP contribution is -2.63. The normalized spacial score (nSPS) is 20.1. The number of ether oxygens (including phenoxy) is 3. The van der Waals surface area contributed by atoms with E-state index in [1.807, 2.05) is 33.9 Å². The highest BCUT2D eigenvalue weighted by Crippen LogP contribution is 2.42. The molecule has 0 bridgehead atoms. The van der Waals surface area contributed by atoms with Gasteiger partial charge >= 0.3 is 6.36 Å². The summed E-state index contributed by atoms with van der Waals surface area (Å²) < 4.78 is 90.9. The van der Waals surface area contributed by atoms with Crippen LogP contribution in [-0.4, -0.2) is 64.2 Å². The molecule has 0 unspecified atom stereocenters. The van der Waals surface area contributed by atoms with Crippen molar-refractivity contribution in [3.8, 4) is 17.2 Å². The molecule has 1 saturated heterocycles. The van der Waals surface area contributed by atoms with Crippen LogP contribution in [0.1, 0.15) is 44.7 Å². The third kappa shape index (κ3) is 8.18. The Balaban J connectivity index is 1.40. The van der Waals surface area contributed by atoms with Crippen molar-refractivity contribution in [1.82, 2.24) is 0 Å². The van der Waals surface area contributed by atoms with E-state index >= 15 is 8.78 Å². The van der Waals surface area contributed by atoms with E-state index in [0.717, 1.165) is 11.6 Å². The van der Waals surface area contributed by atoms with Gasteiger partial charge < -0.3 is 33.5 Å². The number of amides is 1. The molecule has 2 atom stereocenters. The zero-order valence-electron chi connectivity index (χ0n) is 29.0. The first-order valence-corrected chi connectivity index (χ1v) is 19.3. The van der Waals surface area contributed by atoms with Crippen molar-refractivity contribution in [1.29, 1.82) is 0 Å². The van der Waals surface area contributed by atoms with Gasteiger partial charge in [0.15, 0.2) is 8.32 Å². The molecule has 2 heterocycles. The number of carbonyl (C=O) groups is 1. The molecule has 0 aromatic heterocycles. The Hall–Kier alpha value is -3.88. The molecule has 5 rings (SSSR count). The fourth-order valence-corrected chi connectivity index (χ4v) is 7.35. The van der Waals surface area contributed by atoms with Crippen molar-refractivity contribution in [2.75, 3.05) is 36.6 Å². The number of nitrogens with zero attached hydrogens (tertiary/aromatic N) is 2. The summed E-state index contributed by atoms with van der Waals surface area (Å²) in [4.78, 5) is 16.1. The quantitative estimate of drug-likeness (QED) is 0.169. The number of hydrogen-bond donors (Lipinski definition) is 1.